The van der Waals surface area contributed by atoms with Crippen LogP contribution in [0.15, 0.2) is 84.1 Å². The maximum absolute atomic E-state index is 12.4. The largest absolute Gasteiger partial charge is 0.351 e. The number of benzene rings is 2. The Morgan fingerprint density at radius 1 is 1.04 bits per heavy atom. The lowest BCUT2D eigenvalue weighted by molar-refractivity contribution is -0.120. The molecule has 0 aliphatic rings. The number of rotatable bonds is 6. The highest BCUT2D eigenvalue weighted by atomic mass is 32.2. The van der Waals surface area contributed by atoms with Gasteiger partial charge in [-0.2, -0.15) is 0 Å². The van der Waals surface area contributed by atoms with E-state index in [4.69, 9.17) is 0 Å². The number of nitrogens with zero attached hydrogens (tertiary/aromatic N) is 3. The Morgan fingerprint density at radius 3 is 2.61 bits per heavy atom. The summed E-state index contributed by atoms with van der Waals surface area (Å²) in [5.74, 6) is 0.815. The van der Waals surface area contributed by atoms with Crippen LogP contribution >= 0.6 is 11.8 Å². The molecule has 0 radical (unpaired) electrons. The number of para-hydroxylation sites is 2. The predicted molar refractivity (Wildman–Crippen MR) is 112 cm³/mol. The zero-order valence-corrected chi connectivity index (χ0v) is 16.3. The normalized spacial score (nSPS) is 12.0. The summed E-state index contributed by atoms with van der Waals surface area (Å²) in [7, 11) is 0. The standard InChI is InChI=1S/C22H20N4OS/c1-16(28-18-7-3-2-4-8-18)22(27)24-14-17-11-12-21(23-13-17)26-15-25-19-9-5-6-10-20(19)26/h2-13,15-16H,14H2,1H3,(H,24,27). The fourth-order valence-electron chi connectivity index (χ4n) is 2.90. The first-order valence-corrected chi connectivity index (χ1v) is 9.95. The number of amides is 1. The summed E-state index contributed by atoms with van der Waals surface area (Å²) in [5, 5.41) is 2.82. The van der Waals surface area contributed by atoms with Crippen LogP contribution in [0.1, 0.15) is 12.5 Å². The molecule has 1 amide bonds. The molecule has 0 saturated heterocycles. The molecule has 2 aromatic heterocycles. The molecule has 0 aliphatic heterocycles. The minimum absolute atomic E-state index is 0.0125. The van der Waals surface area contributed by atoms with Gasteiger partial charge in [0.1, 0.15) is 12.1 Å². The van der Waals surface area contributed by atoms with Crippen molar-refractivity contribution in [1.82, 2.24) is 19.9 Å². The lowest BCUT2D eigenvalue weighted by Gasteiger charge is -2.12. The first-order chi connectivity index (χ1) is 13.7. The Bertz CT molecular complexity index is 1080. The smallest absolute Gasteiger partial charge is 0.233 e. The van der Waals surface area contributed by atoms with E-state index in [1.165, 1.54) is 0 Å². The summed E-state index contributed by atoms with van der Waals surface area (Å²) < 4.78 is 1.95. The van der Waals surface area contributed by atoms with Crippen LogP contribution in [0.2, 0.25) is 0 Å². The number of pyridine rings is 1. The molecule has 0 saturated carbocycles. The number of hydrogen-bond donors (Lipinski definition) is 1. The predicted octanol–water partition coefficient (Wildman–Crippen LogP) is 4.22. The summed E-state index contributed by atoms with van der Waals surface area (Å²) in [6, 6.07) is 21.8. The second-order valence-corrected chi connectivity index (χ2v) is 7.83. The molecule has 0 bridgehead atoms. The first kappa shape index (κ1) is 18.3. The van der Waals surface area contributed by atoms with Gasteiger partial charge < -0.3 is 5.32 Å². The van der Waals surface area contributed by atoms with Crippen molar-refractivity contribution < 1.29 is 4.79 Å². The molecule has 0 spiro atoms. The maximum atomic E-state index is 12.4. The fraction of sp³-hybridized carbons (Fsp3) is 0.136. The van der Waals surface area contributed by atoms with Crippen LogP contribution in [-0.4, -0.2) is 25.7 Å². The number of carbonyl (C=O) groups excluding carboxylic acids is 1. The van der Waals surface area contributed by atoms with Crippen LogP contribution in [0.3, 0.4) is 0 Å². The van der Waals surface area contributed by atoms with Crippen LogP contribution in [-0.2, 0) is 11.3 Å². The van der Waals surface area contributed by atoms with Gasteiger partial charge in [0.05, 0.1) is 16.3 Å². The van der Waals surface area contributed by atoms with Crippen molar-refractivity contribution in [2.75, 3.05) is 0 Å². The van der Waals surface area contributed by atoms with E-state index in [0.29, 0.717) is 6.54 Å². The van der Waals surface area contributed by atoms with Crippen LogP contribution in [0, 0.1) is 0 Å². The molecule has 4 aromatic rings. The van der Waals surface area contributed by atoms with Crippen molar-refractivity contribution in [2.24, 2.45) is 0 Å². The number of hydrogen-bond acceptors (Lipinski definition) is 4. The topological polar surface area (TPSA) is 59.8 Å². The van der Waals surface area contributed by atoms with Gasteiger partial charge in [0.25, 0.3) is 0 Å². The second-order valence-electron chi connectivity index (χ2n) is 6.42. The minimum Gasteiger partial charge on any atom is -0.351 e. The Hall–Kier alpha value is -3.12. The minimum atomic E-state index is -0.160. The van der Waals surface area contributed by atoms with E-state index < -0.39 is 0 Å². The number of aromatic nitrogens is 3. The summed E-state index contributed by atoms with van der Waals surface area (Å²) >= 11 is 1.55. The average molecular weight is 388 g/mol. The lowest BCUT2D eigenvalue weighted by Crippen LogP contribution is -2.30. The second kappa shape index (κ2) is 8.27. The van der Waals surface area contributed by atoms with Crippen molar-refractivity contribution in [3.05, 3.63) is 84.8 Å². The van der Waals surface area contributed by atoms with E-state index in [2.05, 4.69) is 15.3 Å². The average Bonchev–Trinajstić information content (AvgIpc) is 3.17. The molecule has 2 aromatic carbocycles. The van der Waals surface area contributed by atoms with E-state index in [0.717, 1.165) is 27.3 Å². The van der Waals surface area contributed by atoms with E-state index in [1.54, 1.807) is 24.3 Å². The molecular weight excluding hydrogens is 368 g/mol. The maximum Gasteiger partial charge on any atom is 0.233 e. The lowest BCUT2D eigenvalue weighted by atomic mass is 10.2. The molecule has 2 heterocycles. The zero-order chi connectivity index (χ0) is 19.3. The number of thioether (sulfide) groups is 1. The van der Waals surface area contributed by atoms with Crippen molar-refractivity contribution >= 4 is 28.7 Å². The van der Waals surface area contributed by atoms with Gasteiger partial charge in [-0.15, -0.1) is 11.8 Å². The molecular formula is C22H20N4OS. The summed E-state index contributed by atoms with van der Waals surface area (Å²) in [4.78, 5) is 22.4. The summed E-state index contributed by atoms with van der Waals surface area (Å²) in [6.45, 7) is 2.37. The highest BCUT2D eigenvalue weighted by molar-refractivity contribution is 8.00. The highest BCUT2D eigenvalue weighted by Gasteiger charge is 2.14. The Balaban J connectivity index is 1.37. The zero-order valence-electron chi connectivity index (χ0n) is 15.4. The van der Waals surface area contributed by atoms with E-state index in [-0.39, 0.29) is 11.2 Å². The van der Waals surface area contributed by atoms with Crippen LogP contribution in [0.4, 0.5) is 0 Å². The quantitative estimate of drug-likeness (QED) is 0.503. The number of carbonyl (C=O) groups is 1. The highest BCUT2D eigenvalue weighted by Crippen LogP contribution is 2.22. The van der Waals surface area contributed by atoms with Gasteiger partial charge in [0.15, 0.2) is 0 Å². The SMILES string of the molecule is CC(Sc1ccccc1)C(=O)NCc1ccc(-n2cnc3ccccc32)nc1. The van der Waals surface area contributed by atoms with E-state index in [9.17, 15) is 4.79 Å². The Morgan fingerprint density at radius 2 is 1.82 bits per heavy atom. The molecule has 0 fully saturated rings. The molecule has 1 N–H and O–H groups in total. The van der Waals surface area contributed by atoms with Gasteiger partial charge >= 0.3 is 0 Å². The monoisotopic (exact) mass is 388 g/mol. The van der Waals surface area contributed by atoms with Gasteiger partial charge in [-0.05, 0) is 42.8 Å². The fourth-order valence-corrected chi connectivity index (χ4v) is 3.81. The van der Waals surface area contributed by atoms with Gasteiger partial charge in [-0.1, -0.05) is 36.4 Å². The number of fused-ring (bicyclic) bond motifs is 1. The van der Waals surface area contributed by atoms with Gasteiger partial charge in [-0.3, -0.25) is 9.36 Å². The van der Waals surface area contributed by atoms with Crippen molar-refractivity contribution in [3.8, 4) is 5.82 Å². The number of nitrogens with one attached hydrogen (secondary N) is 1. The Kier molecular flexibility index (Phi) is 5.39. The first-order valence-electron chi connectivity index (χ1n) is 9.07. The molecule has 1 unspecified atom stereocenters. The number of imidazole rings is 1. The molecule has 0 aliphatic carbocycles. The van der Waals surface area contributed by atoms with Crippen LogP contribution in [0.5, 0.6) is 0 Å². The molecule has 5 nitrogen and oxygen atoms in total. The van der Waals surface area contributed by atoms with Gasteiger partial charge in [0, 0.05) is 17.6 Å². The van der Waals surface area contributed by atoms with Crippen molar-refractivity contribution in [3.63, 3.8) is 0 Å². The van der Waals surface area contributed by atoms with Crippen LogP contribution in [0.25, 0.3) is 16.9 Å². The third-order valence-corrected chi connectivity index (χ3v) is 5.51. The molecule has 1 atom stereocenters. The van der Waals surface area contributed by atoms with Gasteiger partial charge in [-0.25, -0.2) is 9.97 Å². The van der Waals surface area contributed by atoms with Crippen molar-refractivity contribution in [2.45, 2.75) is 23.6 Å². The van der Waals surface area contributed by atoms with Crippen molar-refractivity contribution in [1.29, 1.82) is 0 Å². The molecule has 28 heavy (non-hydrogen) atoms. The van der Waals surface area contributed by atoms with E-state index >= 15 is 0 Å². The molecule has 6 heteroatoms. The summed E-state index contributed by atoms with van der Waals surface area (Å²) in [5.41, 5.74) is 2.91. The third-order valence-electron chi connectivity index (χ3n) is 4.40. The van der Waals surface area contributed by atoms with E-state index in [1.807, 2.05) is 78.2 Å². The van der Waals surface area contributed by atoms with Gasteiger partial charge in [0.2, 0.25) is 5.91 Å². The third kappa shape index (κ3) is 4.07. The molecule has 140 valence electrons. The molecule has 4 rings (SSSR count). The van der Waals surface area contributed by atoms with Crippen LogP contribution < -0.4 is 5.32 Å². The Labute approximate surface area is 167 Å². The summed E-state index contributed by atoms with van der Waals surface area (Å²) in [6.07, 6.45) is 3.57.